The number of carbonyl (C=O) groups excluding carboxylic acids is 2. The van der Waals surface area contributed by atoms with E-state index in [1.54, 1.807) is 0 Å². The average molecular weight is 723 g/mol. The minimum absolute atomic E-state index is 0.0598. The molecule has 1 atom stereocenters. The standard InChI is InChI=1S/C46H90O5/c1-3-5-7-9-10-11-12-13-14-15-16-17-18-19-20-21-22-23-24-25-26-27-28-29-30-31-32-33-34-35-37-39-41-46(49)51-44(42-47)43-50-45(48)40-38-36-8-6-4-2/h44,47H,3-43H2,1-2H3. The summed E-state index contributed by atoms with van der Waals surface area (Å²) in [5.74, 6) is -0.590. The fraction of sp³-hybridized carbons (Fsp3) is 0.957. The van der Waals surface area contributed by atoms with Crippen molar-refractivity contribution in [3.05, 3.63) is 0 Å². The monoisotopic (exact) mass is 723 g/mol. The van der Waals surface area contributed by atoms with Gasteiger partial charge in [0.15, 0.2) is 6.10 Å². The number of unbranched alkanes of at least 4 members (excludes halogenated alkanes) is 35. The Morgan fingerprint density at radius 2 is 0.608 bits per heavy atom. The van der Waals surface area contributed by atoms with Crippen LogP contribution in [0.2, 0.25) is 0 Å². The SMILES string of the molecule is CCCCCCCCCCCCCCCCCCCCCCCCCCCCCCCCCCC(=O)OC(CO)COC(=O)CCCCCCC. The summed E-state index contributed by atoms with van der Waals surface area (Å²) in [6.07, 6.45) is 49.7. The Morgan fingerprint density at radius 3 is 0.863 bits per heavy atom. The van der Waals surface area contributed by atoms with Crippen molar-refractivity contribution in [3.8, 4) is 0 Å². The number of hydrogen-bond acceptors (Lipinski definition) is 5. The van der Waals surface area contributed by atoms with E-state index in [0.29, 0.717) is 12.8 Å². The Kier molecular flexibility index (Phi) is 42.4. The fourth-order valence-electron chi connectivity index (χ4n) is 7.15. The van der Waals surface area contributed by atoms with Crippen LogP contribution in [-0.4, -0.2) is 36.4 Å². The van der Waals surface area contributed by atoms with Crippen molar-refractivity contribution in [2.45, 2.75) is 270 Å². The molecule has 0 aromatic heterocycles. The van der Waals surface area contributed by atoms with E-state index in [9.17, 15) is 14.7 Å². The predicted molar refractivity (Wildman–Crippen MR) is 219 cm³/mol. The third-order valence-corrected chi connectivity index (χ3v) is 10.7. The van der Waals surface area contributed by atoms with Gasteiger partial charge in [0, 0.05) is 12.8 Å². The molecule has 0 aromatic carbocycles. The van der Waals surface area contributed by atoms with Crippen LogP contribution >= 0.6 is 0 Å². The first kappa shape index (κ1) is 49.9. The Morgan fingerprint density at radius 1 is 0.373 bits per heavy atom. The lowest BCUT2D eigenvalue weighted by Crippen LogP contribution is -2.28. The summed E-state index contributed by atoms with van der Waals surface area (Å²) in [5, 5.41) is 9.48. The maximum atomic E-state index is 12.1. The highest BCUT2D eigenvalue weighted by atomic mass is 16.6. The molecule has 0 amide bonds. The smallest absolute Gasteiger partial charge is 0.306 e. The van der Waals surface area contributed by atoms with Crippen molar-refractivity contribution in [2.24, 2.45) is 0 Å². The Bertz CT molecular complexity index is 695. The molecule has 0 aromatic rings. The van der Waals surface area contributed by atoms with E-state index >= 15 is 0 Å². The van der Waals surface area contributed by atoms with Gasteiger partial charge in [-0.25, -0.2) is 0 Å². The van der Waals surface area contributed by atoms with Crippen molar-refractivity contribution in [1.29, 1.82) is 0 Å². The molecule has 5 heteroatoms. The molecule has 0 aliphatic carbocycles. The zero-order chi connectivity index (χ0) is 37.1. The van der Waals surface area contributed by atoms with Crippen LogP contribution in [0.5, 0.6) is 0 Å². The molecule has 304 valence electrons. The molecule has 0 aliphatic rings. The summed E-state index contributed by atoms with van der Waals surface area (Å²) >= 11 is 0. The average Bonchev–Trinajstić information content (AvgIpc) is 3.13. The fourth-order valence-corrected chi connectivity index (χ4v) is 7.15. The van der Waals surface area contributed by atoms with Crippen LogP contribution in [0.1, 0.15) is 264 Å². The molecule has 0 aliphatic heterocycles. The highest BCUT2D eigenvalue weighted by molar-refractivity contribution is 5.70. The number of ether oxygens (including phenoxy) is 2. The first-order valence-corrected chi connectivity index (χ1v) is 23.1. The molecule has 1 unspecified atom stereocenters. The number of rotatable bonds is 43. The van der Waals surface area contributed by atoms with Gasteiger partial charge in [0.2, 0.25) is 0 Å². The third-order valence-electron chi connectivity index (χ3n) is 10.7. The highest BCUT2D eigenvalue weighted by Gasteiger charge is 2.16. The van der Waals surface area contributed by atoms with Crippen LogP contribution in [0.15, 0.2) is 0 Å². The number of aliphatic hydroxyl groups is 1. The van der Waals surface area contributed by atoms with Gasteiger partial charge in [-0.15, -0.1) is 0 Å². The van der Waals surface area contributed by atoms with E-state index in [1.165, 1.54) is 199 Å². The zero-order valence-corrected chi connectivity index (χ0v) is 34.6. The molecule has 0 radical (unpaired) electrons. The Hall–Kier alpha value is -1.10. The zero-order valence-electron chi connectivity index (χ0n) is 34.6. The van der Waals surface area contributed by atoms with Gasteiger partial charge in [-0.1, -0.05) is 239 Å². The number of aliphatic hydroxyl groups excluding tert-OH is 1. The topological polar surface area (TPSA) is 72.8 Å². The van der Waals surface area contributed by atoms with Gasteiger partial charge in [0.05, 0.1) is 6.61 Å². The van der Waals surface area contributed by atoms with Crippen LogP contribution < -0.4 is 0 Å². The van der Waals surface area contributed by atoms with E-state index in [1.807, 2.05) is 0 Å². The highest BCUT2D eigenvalue weighted by Crippen LogP contribution is 2.17. The van der Waals surface area contributed by atoms with Gasteiger partial charge in [-0.3, -0.25) is 9.59 Å². The van der Waals surface area contributed by atoms with Crippen LogP contribution in [0.25, 0.3) is 0 Å². The van der Waals surface area contributed by atoms with Gasteiger partial charge in [-0.2, -0.15) is 0 Å². The van der Waals surface area contributed by atoms with E-state index in [2.05, 4.69) is 13.8 Å². The maximum Gasteiger partial charge on any atom is 0.306 e. The van der Waals surface area contributed by atoms with E-state index in [0.717, 1.165) is 38.5 Å². The van der Waals surface area contributed by atoms with Gasteiger partial charge < -0.3 is 14.6 Å². The lowest BCUT2D eigenvalue weighted by molar-refractivity contribution is -0.161. The Labute approximate surface area is 319 Å². The second-order valence-corrected chi connectivity index (χ2v) is 15.9. The minimum atomic E-state index is -0.759. The maximum absolute atomic E-state index is 12.1. The summed E-state index contributed by atoms with van der Waals surface area (Å²) in [7, 11) is 0. The van der Waals surface area contributed by atoms with Crippen molar-refractivity contribution in [3.63, 3.8) is 0 Å². The molecule has 0 saturated carbocycles. The summed E-state index contributed by atoms with van der Waals surface area (Å²) < 4.78 is 10.5. The first-order chi connectivity index (χ1) is 25.1. The van der Waals surface area contributed by atoms with E-state index in [-0.39, 0.29) is 25.2 Å². The molecular weight excluding hydrogens is 633 g/mol. The van der Waals surface area contributed by atoms with Crippen LogP contribution in [0.3, 0.4) is 0 Å². The van der Waals surface area contributed by atoms with Gasteiger partial charge in [-0.05, 0) is 12.8 Å². The molecule has 0 rings (SSSR count). The van der Waals surface area contributed by atoms with Crippen LogP contribution in [0, 0.1) is 0 Å². The van der Waals surface area contributed by atoms with Crippen LogP contribution in [-0.2, 0) is 19.1 Å². The molecule has 51 heavy (non-hydrogen) atoms. The second-order valence-electron chi connectivity index (χ2n) is 15.9. The molecule has 5 nitrogen and oxygen atoms in total. The molecule has 0 saturated heterocycles. The third kappa shape index (κ3) is 41.5. The lowest BCUT2D eigenvalue weighted by Gasteiger charge is -2.15. The van der Waals surface area contributed by atoms with Crippen LogP contribution in [0.4, 0.5) is 0 Å². The first-order valence-electron chi connectivity index (χ1n) is 23.1. The number of esters is 2. The van der Waals surface area contributed by atoms with Gasteiger partial charge in [0.1, 0.15) is 6.61 Å². The number of hydrogen-bond donors (Lipinski definition) is 1. The predicted octanol–water partition coefficient (Wildman–Crippen LogP) is 14.7. The molecule has 0 heterocycles. The summed E-state index contributed by atoms with van der Waals surface area (Å²) in [6, 6.07) is 0. The lowest BCUT2D eigenvalue weighted by atomic mass is 10.0. The van der Waals surface area contributed by atoms with Gasteiger partial charge in [0.25, 0.3) is 0 Å². The van der Waals surface area contributed by atoms with E-state index in [4.69, 9.17) is 9.47 Å². The molecule has 0 bridgehead atoms. The molecule has 0 spiro atoms. The molecule has 0 fully saturated rings. The normalized spacial score (nSPS) is 12.0. The molecule has 1 N–H and O–H groups in total. The van der Waals surface area contributed by atoms with Crippen molar-refractivity contribution < 1.29 is 24.2 Å². The summed E-state index contributed by atoms with van der Waals surface area (Å²) in [4.78, 5) is 24.0. The summed E-state index contributed by atoms with van der Waals surface area (Å²) in [5.41, 5.74) is 0. The Balaban J connectivity index is 3.29. The van der Waals surface area contributed by atoms with Crippen molar-refractivity contribution in [1.82, 2.24) is 0 Å². The van der Waals surface area contributed by atoms with Gasteiger partial charge >= 0.3 is 11.9 Å². The van der Waals surface area contributed by atoms with Crippen molar-refractivity contribution in [2.75, 3.05) is 13.2 Å². The number of carbonyl (C=O) groups is 2. The van der Waals surface area contributed by atoms with Crippen molar-refractivity contribution >= 4 is 11.9 Å². The molecular formula is C46H90O5. The van der Waals surface area contributed by atoms with E-state index < -0.39 is 6.10 Å². The minimum Gasteiger partial charge on any atom is -0.462 e. The second kappa shape index (κ2) is 43.3. The summed E-state index contributed by atoms with van der Waals surface area (Å²) in [6.45, 7) is 4.08. The largest absolute Gasteiger partial charge is 0.462 e. The quantitative estimate of drug-likeness (QED) is 0.0501.